The molecule has 0 fully saturated rings. The van der Waals surface area contributed by atoms with Gasteiger partial charge in [-0.15, -0.1) is 0 Å². The summed E-state index contributed by atoms with van der Waals surface area (Å²) in [7, 11) is 0. The van der Waals surface area contributed by atoms with Gasteiger partial charge < -0.3 is 5.73 Å². The zero-order chi connectivity index (χ0) is 13.8. The third-order valence-electron chi connectivity index (χ3n) is 3.51. The van der Waals surface area contributed by atoms with E-state index in [1.807, 2.05) is 19.1 Å². The number of nitrogens with two attached hydrogens (primary N) is 1. The van der Waals surface area contributed by atoms with Crippen LogP contribution < -0.4 is 5.73 Å². The van der Waals surface area contributed by atoms with Crippen molar-refractivity contribution < 1.29 is 0 Å². The van der Waals surface area contributed by atoms with Gasteiger partial charge in [0.1, 0.15) is 0 Å². The molecule has 19 heavy (non-hydrogen) atoms. The highest BCUT2D eigenvalue weighted by molar-refractivity contribution is 6.31. The van der Waals surface area contributed by atoms with Gasteiger partial charge in [0.15, 0.2) is 0 Å². The number of benzene rings is 2. The van der Waals surface area contributed by atoms with Crippen LogP contribution in [-0.2, 0) is 12.8 Å². The topological polar surface area (TPSA) is 26.0 Å². The fourth-order valence-corrected chi connectivity index (χ4v) is 2.31. The Bertz CT molecular complexity index is 546. The Balaban J connectivity index is 2.10. The van der Waals surface area contributed by atoms with E-state index in [9.17, 15) is 0 Å². The van der Waals surface area contributed by atoms with Crippen LogP contribution in [0, 0.1) is 6.92 Å². The Morgan fingerprint density at radius 2 is 1.68 bits per heavy atom. The van der Waals surface area contributed by atoms with Crippen LogP contribution in [0.1, 0.15) is 35.2 Å². The molecule has 2 rings (SSSR count). The normalized spacial score (nSPS) is 12.4. The van der Waals surface area contributed by atoms with Crippen molar-refractivity contribution in [3.63, 3.8) is 0 Å². The van der Waals surface area contributed by atoms with Crippen LogP contribution in [0.3, 0.4) is 0 Å². The molecular weight excluding hydrogens is 254 g/mol. The van der Waals surface area contributed by atoms with Gasteiger partial charge in [-0.25, -0.2) is 0 Å². The number of hydrogen-bond donors (Lipinski definition) is 1. The van der Waals surface area contributed by atoms with E-state index >= 15 is 0 Å². The summed E-state index contributed by atoms with van der Waals surface area (Å²) in [6.45, 7) is 4.16. The number of hydrogen-bond acceptors (Lipinski definition) is 1. The van der Waals surface area contributed by atoms with Crippen molar-refractivity contribution in [2.75, 3.05) is 0 Å². The van der Waals surface area contributed by atoms with E-state index in [4.69, 9.17) is 17.3 Å². The first-order chi connectivity index (χ1) is 9.10. The monoisotopic (exact) mass is 273 g/mol. The Morgan fingerprint density at radius 3 is 2.26 bits per heavy atom. The molecule has 2 aromatic carbocycles. The third kappa shape index (κ3) is 3.59. The Kier molecular flexibility index (Phi) is 4.62. The summed E-state index contributed by atoms with van der Waals surface area (Å²) in [5, 5.41) is 0.786. The fraction of sp³-hybridized carbons (Fsp3) is 0.294. The van der Waals surface area contributed by atoms with Crippen LogP contribution in [0.2, 0.25) is 5.02 Å². The smallest absolute Gasteiger partial charge is 0.0438 e. The largest absolute Gasteiger partial charge is 0.324 e. The lowest BCUT2D eigenvalue weighted by molar-refractivity contribution is 0.721. The average molecular weight is 274 g/mol. The summed E-state index contributed by atoms with van der Waals surface area (Å²) < 4.78 is 0. The standard InChI is InChI=1S/C17H20ClN/c1-3-13-5-7-14(8-6-13)10-17(19)15-9-4-12(2)16(18)11-15/h4-9,11,17H,3,10,19H2,1-2H3. The van der Waals surface area contributed by atoms with Gasteiger partial charge >= 0.3 is 0 Å². The first-order valence-corrected chi connectivity index (χ1v) is 7.07. The van der Waals surface area contributed by atoms with Crippen molar-refractivity contribution in [2.45, 2.75) is 32.7 Å². The molecule has 0 bridgehead atoms. The maximum absolute atomic E-state index is 6.26. The second-order valence-corrected chi connectivity index (χ2v) is 5.40. The van der Waals surface area contributed by atoms with E-state index in [0.717, 1.165) is 29.0 Å². The molecule has 2 heteroatoms. The van der Waals surface area contributed by atoms with E-state index in [1.165, 1.54) is 11.1 Å². The minimum Gasteiger partial charge on any atom is -0.324 e. The first-order valence-electron chi connectivity index (χ1n) is 6.69. The molecular formula is C17H20ClN. The van der Waals surface area contributed by atoms with E-state index in [2.05, 4.69) is 37.3 Å². The molecule has 2 N–H and O–H groups in total. The van der Waals surface area contributed by atoms with Crippen LogP contribution >= 0.6 is 11.6 Å². The highest BCUT2D eigenvalue weighted by Crippen LogP contribution is 2.22. The molecule has 0 aliphatic rings. The summed E-state index contributed by atoms with van der Waals surface area (Å²) in [6.07, 6.45) is 1.91. The van der Waals surface area contributed by atoms with Gasteiger partial charge in [-0.1, -0.05) is 54.9 Å². The maximum Gasteiger partial charge on any atom is 0.0438 e. The van der Waals surface area contributed by atoms with E-state index < -0.39 is 0 Å². The van der Waals surface area contributed by atoms with Crippen molar-refractivity contribution in [3.8, 4) is 0 Å². The van der Waals surface area contributed by atoms with Gasteiger partial charge in [-0.05, 0) is 48.1 Å². The van der Waals surface area contributed by atoms with Crippen molar-refractivity contribution in [3.05, 3.63) is 69.7 Å². The van der Waals surface area contributed by atoms with Gasteiger partial charge in [0.2, 0.25) is 0 Å². The zero-order valence-electron chi connectivity index (χ0n) is 11.5. The minimum absolute atomic E-state index is 0.00873. The first kappa shape index (κ1) is 14.1. The lowest BCUT2D eigenvalue weighted by atomic mass is 9.98. The van der Waals surface area contributed by atoms with Crippen LogP contribution in [0.15, 0.2) is 42.5 Å². The quantitative estimate of drug-likeness (QED) is 0.875. The summed E-state index contributed by atoms with van der Waals surface area (Å²) in [5.74, 6) is 0. The lowest BCUT2D eigenvalue weighted by Crippen LogP contribution is -2.13. The highest BCUT2D eigenvalue weighted by Gasteiger charge is 2.08. The molecule has 0 amide bonds. The predicted molar refractivity (Wildman–Crippen MR) is 82.6 cm³/mol. The predicted octanol–water partition coefficient (Wildman–Crippen LogP) is 4.45. The average Bonchev–Trinajstić information content (AvgIpc) is 2.42. The van der Waals surface area contributed by atoms with Gasteiger partial charge in [-0.3, -0.25) is 0 Å². The van der Waals surface area contributed by atoms with Crippen molar-refractivity contribution in [1.82, 2.24) is 0 Å². The Hall–Kier alpha value is -1.31. The highest BCUT2D eigenvalue weighted by atomic mass is 35.5. The van der Waals surface area contributed by atoms with Gasteiger partial charge in [0.05, 0.1) is 0 Å². The molecule has 0 saturated carbocycles. The molecule has 0 radical (unpaired) electrons. The van der Waals surface area contributed by atoms with E-state index in [0.29, 0.717) is 0 Å². The second kappa shape index (κ2) is 6.23. The van der Waals surface area contributed by atoms with Crippen LogP contribution in [-0.4, -0.2) is 0 Å². The summed E-state index contributed by atoms with van der Waals surface area (Å²) >= 11 is 6.14. The maximum atomic E-state index is 6.26. The number of aryl methyl sites for hydroxylation is 2. The van der Waals surface area contributed by atoms with Crippen LogP contribution in [0.25, 0.3) is 0 Å². The molecule has 0 spiro atoms. The molecule has 1 nitrogen and oxygen atoms in total. The fourth-order valence-electron chi connectivity index (χ4n) is 2.12. The molecule has 1 atom stereocenters. The van der Waals surface area contributed by atoms with Crippen LogP contribution in [0.5, 0.6) is 0 Å². The number of halogens is 1. The summed E-state index contributed by atoms with van der Waals surface area (Å²) in [6, 6.07) is 14.7. The van der Waals surface area contributed by atoms with Crippen molar-refractivity contribution >= 4 is 11.6 Å². The molecule has 0 heterocycles. The molecule has 0 aromatic heterocycles. The van der Waals surface area contributed by atoms with Crippen LogP contribution in [0.4, 0.5) is 0 Å². The molecule has 1 unspecified atom stereocenters. The minimum atomic E-state index is -0.00873. The summed E-state index contributed by atoms with van der Waals surface area (Å²) in [4.78, 5) is 0. The molecule has 0 aliphatic heterocycles. The van der Waals surface area contributed by atoms with E-state index in [-0.39, 0.29) is 6.04 Å². The van der Waals surface area contributed by atoms with Gasteiger partial charge in [0, 0.05) is 11.1 Å². The molecule has 0 saturated heterocycles. The molecule has 100 valence electrons. The SMILES string of the molecule is CCc1ccc(CC(N)c2ccc(C)c(Cl)c2)cc1. The Labute approximate surface area is 120 Å². The van der Waals surface area contributed by atoms with Gasteiger partial charge in [0.25, 0.3) is 0 Å². The second-order valence-electron chi connectivity index (χ2n) is 4.99. The van der Waals surface area contributed by atoms with Crippen molar-refractivity contribution in [1.29, 1.82) is 0 Å². The van der Waals surface area contributed by atoms with E-state index in [1.54, 1.807) is 0 Å². The molecule has 0 aliphatic carbocycles. The van der Waals surface area contributed by atoms with Crippen molar-refractivity contribution in [2.24, 2.45) is 5.73 Å². The lowest BCUT2D eigenvalue weighted by Gasteiger charge is -2.13. The summed E-state index contributed by atoms with van der Waals surface area (Å²) in [5.41, 5.74) is 11.1. The molecule has 2 aromatic rings. The zero-order valence-corrected chi connectivity index (χ0v) is 12.2. The van der Waals surface area contributed by atoms with Gasteiger partial charge in [-0.2, -0.15) is 0 Å². The Morgan fingerprint density at radius 1 is 1.05 bits per heavy atom. The third-order valence-corrected chi connectivity index (χ3v) is 3.92. The number of rotatable bonds is 4.